The molecule has 3 N–H and O–H groups in total. The van der Waals surface area contributed by atoms with Gasteiger partial charge in [0.2, 0.25) is 5.91 Å². The van der Waals surface area contributed by atoms with Crippen molar-refractivity contribution >= 4 is 11.8 Å². The number of nitrogens with one attached hydrogen (secondary N) is 1. The van der Waals surface area contributed by atoms with Crippen LogP contribution in [0.4, 0.5) is 0 Å². The van der Waals surface area contributed by atoms with Crippen LogP contribution in [0.1, 0.15) is 66.4 Å². The van der Waals surface area contributed by atoms with E-state index in [4.69, 9.17) is 10.3 Å². The molecule has 7 heteroatoms. The molecule has 1 saturated heterocycles. The molecule has 0 spiro atoms. The van der Waals surface area contributed by atoms with Crippen LogP contribution in [0, 0.1) is 5.92 Å². The maximum atomic E-state index is 12.9. The van der Waals surface area contributed by atoms with Gasteiger partial charge >= 0.3 is 0 Å². The Kier molecular flexibility index (Phi) is 5.67. The van der Waals surface area contributed by atoms with E-state index in [1.165, 1.54) is 0 Å². The summed E-state index contributed by atoms with van der Waals surface area (Å²) in [6, 6.07) is 11.1. The fourth-order valence-electron chi connectivity index (χ4n) is 4.05. The number of carbonyl (C=O) groups excluding carboxylic acids is 2. The molecule has 0 radical (unpaired) electrons. The molecule has 2 amide bonds. The van der Waals surface area contributed by atoms with Gasteiger partial charge in [0.1, 0.15) is 5.76 Å². The molecule has 2 aromatic rings. The van der Waals surface area contributed by atoms with Gasteiger partial charge in [0.05, 0.1) is 12.1 Å². The Bertz CT molecular complexity index is 852. The number of piperidine rings is 1. The molecule has 2 atom stereocenters. The van der Waals surface area contributed by atoms with Crippen LogP contribution < -0.4 is 11.1 Å². The summed E-state index contributed by atoms with van der Waals surface area (Å²) < 4.78 is 5.34. The van der Waals surface area contributed by atoms with Crippen molar-refractivity contribution < 1.29 is 14.1 Å². The van der Waals surface area contributed by atoms with Crippen LogP contribution in [-0.2, 0) is 4.79 Å². The van der Waals surface area contributed by atoms with Gasteiger partial charge in [-0.2, -0.15) is 0 Å². The molecule has 0 bridgehead atoms. The van der Waals surface area contributed by atoms with Crippen molar-refractivity contribution in [3.8, 4) is 0 Å². The zero-order chi connectivity index (χ0) is 20.4. The number of nitrogens with zero attached hydrogens (tertiary/aromatic N) is 2. The number of aromatic nitrogens is 1. The van der Waals surface area contributed by atoms with Crippen molar-refractivity contribution in [1.29, 1.82) is 0 Å². The number of hydrogen-bond acceptors (Lipinski definition) is 5. The van der Waals surface area contributed by atoms with E-state index in [0.29, 0.717) is 24.7 Å². The van der Waals surface area contributed by atoms with Gasteiger partial charge in [0.25, 0.3) is 5.91 Å². The number of likely N-dealkylation sites (tertiary alicyclic amines) is 1. The van der Waals surface area contributed by atoms with Gasteiger partial charge in [0.15, 0.2) is 5.69 Å². The summed E-state index contributed by atoms with van der Waals surface area (Å²) in [5, 5.41) is 7.14. The molecule has 4 rings (SSSR count). The van der Waals surface area contributed by atoms with Gasteiger partial charge < -0.3 is 20.5 Å². The third-order valence-corrected chi connectivity index (χ3v) is 5.90. The summed E-state index contributed by atoms with van der Waals surface area (Å²) in [5.41, 5.74) is 7.14. The number of nitrogens with two attached hydrogens (primary N) is 1. The van der Waals surface area contributed by atoms with Gasteiger partial charge in [-0.1, -0.05) is 35.5 Å². The fourth-order valence-corrected chi connectivity index (χ4v) is 4.05. The third-order valence-electron chi connectivity index (χ3n) is 5.90. The zero-order valence-corrected chi connectivity index (χ0v) is 16.7. The Morgan fingerprint density at radius 3 is 2.48 bits per heavy atom. The Labute approximate surface area is 170 Å². The van der Waals surface area contributed by atoms with Crippen molar-refractivity contribution in [3.05, 3.63) is 53.4 Å². The van der Waals surface area contributed by atoms with Crippen LogP contribution in [0.15, 0.2) is 40.9 Å². The van der Waals surface area contributed by atoms with E-state index in [1.54, 1.807) is 13.0 Å². The minimum atomic E-state index is -0.482. The second-order valence-corrected chi connectivity index (χ2v) is 8.20. The maximum Gasteiger partial charge on any atom is 0.273 e. The van der Waals surface area contributed by atoms with Crippen LogP contribution >= 0.6 is 0 Å². The lowest BCUT2D eigenvalue weighted by molar-refractivity contribution is -0.133. The Hall–Kier alpha value is -2.67. The SMILES string of the molecule is C[C@H](N)C(=O)N1CCC([C@H](NC(=O)c2cc(C3CC3)on2)c2ccccc2)CC1. The molecule has 1 aliphatic carbocycles. The lowest BCUT2D eigenvalue weighted by atomic mass is 9.85. The average molecular weight is 396 g/mol. The lowest BCUT2D eigenvalue weighted by Crippen LogP contribution is -2.47. The lowest BCUT2D eigenvalue weighted by Gasteiger charge is -2.37. The Morgan fingerprint density at radius 1 is 1.17 bits per heavy atom. The number of amides is 2. The summed E-state index contributed by atoms with van der Waals surface area (Å²) in [6.07, 6.45) is 3.82. The molecule has 7 nitrogen and oxygen atoms in total. The van der Waals surface area contributed by atoms with Gasteiger partial charge in [-0.15, -0.1) is 0 Å². The molecule has 154 valence electrons. The molecule has 0 unspecified atom stereocenters. The summed E-state index contributed by atoms with van der Waals surface area (Å²) in [5.74, 6) is 1.21. The first-order valence-corrected chi connectivity index (χ1v) is 10.4. The van der Waals surface area contributed by atoms with Crippen LogP contribution in [0.25, 0.3) is 0 Å². The predicted octanol–water partition coefficient (Wildman–Crippen LogP) is 2.61. The van der Waals surface area contributed by atoms with E-state index in [0.717, 1.165) is 37.0 Å². The van der Waals surface area contributed by atoms with E-state index in [1.807, 2.05) is 35.2 Å². The second kappa shape index (κ2) is 8.37. The smallest absolute Gasteiger partial charge is 0.273 e. The standard InChI is InChI=1S/C22H28N4O3/c1-14(23)22(28)26-11-9-17(10-12-26)20(16-5-3-2-4-6-16)24-21(27)18-13-19(29-25-18)15-7-8-15/h2-6,13-15,17,20H,7-12,23H2,1H3,(H,24,27)/t14-,20+/m0/s1. The second-order valence-electron chi connectivity index (χ2n) is 8.20. The van der Waals surface area contributed by atoms with Crippen LogP contribution in [0.5, 0.6) is 0 Å². The molecule has 2 fully saturated rings. The average Bonchev–Trinajstić information content (AvgIpc) is 3.48. The van der Waals surface area contributed by atoms with E-state index in [-0.39, 0.29) is 23.8 Å². The first-order valence-electron chi connectivity index (χ1n) is 10.4. The first-order chi connectivity index (χ1) is 14.0. The minimum absolute atomic E-state index is 0.0149. The summed E-state index contributed by atoms with van der Waals surface area (Å²) in [7, 11) is 0. The van der Waals surface area contributed by atoms with Crippen molar-refractivity contribution in [2.24, 2.45) is 11.7 Å². The van der Waals surface area contributed by atoms with Gasteiger partial charge in [-0.3, -0.25) is 9.59 Å². The van der Waals surface area contributed by atoms with Gasteiger partial charge in [-0.05, 0) is 44.1 Å². The highest BCUT2D eigenvalue weighted by molar-refractivity contribution is 5.92. The first kappa shape index (κ1) is 19.6. The van der Waals surface area contributed by atoms with E-state index in [2.05, 4.69) is 10.5 Å². The highest BCUT2D eigenvalue weighted by Crippen LogP contribution is 2.40. The highest BCUT2D eigenvalue weighted by atomic mass is 16.5. The molecule has 2 aliphatic rings. The molecular weight excluding hydrogens is 368 g/mol. The normalized spacial score (nSPS) is 19.6. The minimum Gasteiger partial charge on any atom is -0.360 e. The molecule has 1 aromatic heterocycles. The van der Waals surface area contributed by atoms with Crippen LogP contribution in [0.3, 0.4) is 0 Å². The zero-order valence-electron chi connectivity index (χ0n) is 16.7. The number of benzene rings is 1. The van der Waals surface area contributed by atoms with Crippen LogP contribution in [0.2, 0.25) is 0 Å². The molecule has 1 aliphatic heterocycles. The van der Waals surface area contributed by atoms with E-state index in [9.17, 15) is 9.59 Å². The van der Waals surface area contributed by atoms with E-state index >= 15 is 0 Å². The van der Waals surface area contributed by atoms with E-state index < -0.39 is 6.04 Å². The maximum absolute atomic E-state index is 12.9. The van der Waals surface area contributed by atoms with Crippen molar-refractivity contribution in [2.45, 2.75) is 50.6 Å². The molecule has 29 heavy (non-hydrogen) atoms. The van der Waals surface area contributed by atoms with Gasteiger partial charge in [0, 0.05) is 25.1 Å². The topological polar surface area (TPSA) is 101 Å². The third kappa shape index (κ3) is 4.50. The van der Waals surface area contributed by atoms with Crippen molar-refractivity contribution in [2.75, 3.05) is 13.1 Å². The number of carbonyl (C=O) groups is 2. The summed E-state index contributed by atoms with van der Waals surface area (Å²) >= 11 is 0. The van der Waals surface area contributed by atoms with Crippen molar-refractivity contribution in [1.82, 2.24) is 15.4 Å². The Morgan fingerprint density at radius 2 is 1.86 bits per heavy atom. The molecule has 2 heterocycles. The number of hydrogen-bond donors (Lipinski definition) is 2. The summed E-state index contributed by atoms with van der Waals surface area (Å²) in [6.45, 7) is 3.02. The molecular formula is C22H28N4O3. The quantitative estimate of drug-likeness (QED) is 0.782. The largest absolute Gasteiger partial charge is 0.360 e. The van der Waals surface area contributed by atoms with Crippen molar-refractivity contribution in [3.63, 3.8) is 0 Å². The molecule has 1 saturated carbocycles. The summed E-state index contributed by atoms with van der Waals surface area (Å²) in [4.78, 5) is 26.9. The predicted molar refractivity (Wildman–Crippen MR) is 108 cm³/mol. The monoisotopic (exact) mass is 396 g/mol. The highest BCUT2D eigenvalue weighted by Gasteiger charge is 2.33. The fraction of sp³-hybridized carbons (Fsp3) is 0.500. The molecule has 1 aromatic carbocycles. The van der Waals surface area contributed by atoms with Crippen LogP contribution in [-0.4, -0.2) is 41.0 Å². The van der Waals surface area contributed by atoms with Gasteiger partial charge in [-0.25, -0.2) is 0 Å². The Balaban J connectivity index is 1.47. The number of rotatable bonds is 6.